The van der Waals surface area contributed by atoms with E-state index in [1.54, 1.807) is 0 Å². The highest BCUT2D eigenvalue weighted by Crippen LogP contribution is 2.42. The number of rotatable bonds is 3. The first-order valence-corrected chi connectivity index (χ1v) is 7.77. The topological polar surface area (TPSA) is 51.3 Å². The van der Waals surface area contributed by atoms with Gasteiger partial charge in [0.15, 0.2) is 0 Å². The zero-order valence-corrected chi connectivity index (χ0v) is 12.2. The molecule has 5 rings (SSSR count). The Morgan fingerprint density at radius 1 is 1.14 bits per heavy atom. The minimum atomic E-state index is -0.332. The van der Waals surface area contributed by atoms with E-state index in [9.17, 15) is 4.79 Å². The van der Waals surface area contributed by atoms with E-state index in [0.717, 1.165) is 17.4 Å². The van der Waals surface area contributed by atoms with Crippen molar-refractivity contribution in [3.05, 3.63) is 36.0 Å². The fourth-order valence-electron chi connectivity index (χ4n) is 4.07. The number of nitrogens with zero attached hydrogens (tertiary/aromatic N) is 2. The summed E-state index contributed by atoms with van der Waals surface area (Å²) in [6.45, 7) is 4.68. The molecular formula is C17H21N3O. The highest BCUT2D eigenvalue weighted by atomic mass is 16.1. The number of benzene rings is 1. The highest BCUT2D eigenvalue weighted by molar-refractivity contribution is 6.06. The number of aromatic nitrogens is 1. The molecule has 2 bridgehead atoms. The van der Waals surface area contributed by atoms with E-state index in [4.69, 9.17) is 5.73 Å². The zero-order chi connectivity index (χ0) is 14.4. The minimum Gasteiger partial charge on any atom is -0.366 e. The summed E-state index contributed by atoms with van der Waals surface area (Å²) in [5, 5.41) is 0.981. The van der Waals surface area contributed by atoms with E-state index in [0.29, 0.717) is 11.0 Å². The average Bonchev–Trinajstić information content (AvgIpc) is 2.88. The van der Waals surface area contributed by atoms with E-state index in [1.165, 1.54) is 38.9 Å². The maximum atomic E-state index is 11.7. The molecule has 1 aromatic carbocycles. The number of hydrogen-bond donors (Lipinski definition) is 1. The molecule has 0 unspecified atom stereocenters. The first-order chi connectivity index (χ1) is 10.2. The number of nitrogens with two attached hydrogens (primary N) is 1. The summed E-state index contributed by atoms with van der Waals surface area (Å²) in [6, 6.07) is 8.09. The molecule has 0 aliphatic carbocycles. The Balaban J connectivity index is 1.75. The summed E-state index contributed by atoms with van der Waals surface area (Å²) in [5.41, 5.74) is 7.73. The third-order valence-corrected chi connectivity index (χ3v) is 5.43. The Morgan fingerprint density at radius 2 is 1.81 bits per heavy atom. The van der Waals surface area contributed by atoms with E-state index < -0.39 is 0 Å². The van der Waals surface area contributed by atoms with Crippen molar-refractivity contribution in [1.82, 2.24) is 9.47 Å². The van der Waals surface area contributed by atoms with E-state index in [1.807, 2.05) is 24.4 Å². The van der Waals surface area contributed by atoms with Crippen LogP contribution in [0.4, 0.5) is 0 Å². The lowest BCUT2D eigenvalue weighted by Crippen LogP contribution is -2.49. The van der Waals surface area contributed by atoms with Crippen molar-refractivity contribution in [3.63, 3.8) is 0 Å². The molecule has 1 aromatic heterocycles. The van der Waals surface area contributed by atoms with Crippen molar-refractivity contribution in [1.29, 1.82) is 0 Å². The summed E-state index contributed by atoms with van der Waals surface area (Å²) in [7, 11) is 0. The van der Waals surface area contributed by atoms with Gasteiger partial charge in [-0.3, -0.25) is 4.79 Å². The van der Waals surface area contributed by atoms with Crippen LogP contribution in [-0.4, -0.2) is 35.0 Å². The van der Waals surface area contributed by atoms with Gasteiger partial charge in [-0.25, -0.2) is 0 Å². The number of para-hydroxylation sites is 1. The Kier molecular flexibility index (Phi) is 2.82. The van der Waals surface area contributed by atoms with Crippen LogP contribution < -0.4 is 5.73 Å². The second-order valence-electron chi connectivity index (χ2n) is 6.64. The number of carbonyl (C=O) groups is 1. The van der Waals surface area contributed by atoms with Crippen molar-refractivity contribution in [2.75, 3.05) is 19.6 Å². The Bertz CT molecular complexity index is 681. The predicted molar refractivity (Wildman–Crippen MR) is 83.2 cm³/mol. The van der Waals surface area contributed by atoms with Crippen molar-refractivity contribution in [2.24, 2.45) is 11.1 Å². The molecule has 2 N–H and O–H groups in total. The third kappa shape index (κ3) is 2.05. The number of amides is 1. The summed E-state index contributed by atoms with van der Waals surface area (Å²) in [6.07, 6.45) is 5.77. The fraction of sp³-hybridized carbons (Fsp3) is 0.471. The second kappa shape index (κ2) is 4.60. The normalized spacial score (nSPS) is 28.1. The van der Waals surface area contributed by atoms with Crippen LogP contribution in [0.1, 0.15) is 29.6 Å². The molecule has 4 nitrogen and oxygen atoms in total. The lowest BCUT2D eigenvalue weighted by atomic mass is 9.72. The standard InChI is InChI=1S/C17H21N3O/c18-16(21)14-11-20(15-4-2-1-3-13(14)15)12-17-5-8-19(9-6-17)10-7-17/h1-4,11H,5-10,12H2,(H2,18,21). The number of carbonyl (C=O) groups excluding carboxylic acids is 1. The number of primary amides is 1. The van der Waals surface area contributed by atoms with Gasteiger partial charge >= 0.3 is 0 Å². The van der Waals surface area contributed by atoms with E-state index >= 15 is 0 Å². The van der Waals surface area contributed by atoms with Crippen LogP contribution in [0, 0.1) is 5.41 Å². The molecule has 0 saturated carbocycles. The molecule has 2 aromatic rings. The largest absolute Gasteiger partial charge is 0.366 e. The van der Waals surface area contributed by atoms with Gasteiger partial charge in [0.1, 0.15) is 0 Å². The molecule has 21 heavy (non-hydrogen) atoms. The molecule has 3 saturated heterocycles. The molecule has 4 heteroatoms. The molecule has 3 fully saturated rings. The number of hydrogen-bond acceptors (Lipinski definition) is 2. The van der Waals surface area contributed by atoms with Crippen LogP contribution in [0.2, 0.25) is 0 Å². The van der Waals surface area contributed by atoms with Gasteiger partial charge in [-0.1, -0.05) is 18.2 Å². The van der Waals surface area contributed by atoms with Gasteiger partial charge in [-0.15, -0.1) is 0 Å². The van der Waals surface area contributed by atoms with Crippen LogP contribution >= 0.6 is 0 Å². The molecule has 4 heterocycles. The van der Waals surface area contributed by atoms with Gasteiger partial charge in [0, 0.05) is 23.6 Å². The predicted octanol–water partition coefficient (Wildman–Crippen LogP) is 2.23. The monoisotopic (exact) mass is 283 g/mol. The Hall–Kier alpha value is -1.81. The van der Waals surface area contributed by atoms with Gasteiger partial charge in [-0.05, 0) is 50.4 Å². The lowest BCUT2D eigenvalue weighted by Gasteiger charge is -2.48. The van der Waals surface area contributed by atoms with Crippen LogP contribution in [0.15, 0.2) is 30.5 Å². The molecule has 0 atom stereocenters. The summed E-state index contributed by atoms with van der Waals surface area (Å²) in [4.78, 5) is 14.2. The van der Waals surface area contributed by atoms with E-state index in [-0.39, 0.29) is 5.91 Å². The summed E-state index contributed by atoms with van der Waals surface area (Å²) >= 11 is 0. The summed E-state index contributed by atoms with van der Waals surface area (Å²) in [5.74, 6) is -0.332. The summed E-state index contributed by atoms with van der Waals surface area (Å²) < 4.78 is 2.26. The molecule has 1 amide bonds. The first-order valence-electron chi connectivity index (χ1n) is 7.77. The Labute approximate surface area is 124 Å². The van der Waals surface area contributed by atoms with Crippen molar-refractivity contribution in [3.8, 4) is 0 Å². The highest BCUT2D eigenvalue weighted by Gasteiger charge is 2.39. The lowest BCUT2D eigenvalue weighted by molar-refractivity contribution is 0.0143. The van der Waals surface area contributed by atoms with Crippen LogP contribution in [0.3, 0.4) is 0 Å². The maximum absolute atomic E-state index is 11.7. The molecule has 3 aliphatic heterocycles. The van der Waals surface area contributed by atoms with Crippen molar-refractivity contribution in [2.45, 2.75) is 25.8 Å². The molecule has 0 spiro atoms. The van der Waals surface area contributed by atoms with Crippen molar-refractivity contribution >= 4 is 16.8 Å². The van der Waals surface area contributed by atoms with Gasteiger partial charge in [0.25, 0.3) is 5.91 Å². The van der Waals surface area contributed by atoms with Gasteiger partial charge in [-0.2, -0.15) is 0 Å². The molecule has 110 valence electrons. The quantitative estimate of drug-likeness (QED) is 0.939. The second-order valence-corrected chi connectivity index (χ2v) is 6.64. The fourth-order valence-corrected chi connectivity index (χ4v) is 4.07. The van der Waals surface area contributed by atoms with Crippen LogP contribution in [0.25, 0.3) is 10.9 Å². The van der Waals surface area contributed by atoms with Crippen LogP contribution in [-0.2, 0) is 6.54 Å². The minimum absolute atomic E-state index is 0.332. The van der Waals surface area contributed by atoms with Gasteiger partial charge in [0.05, 0.1) is 5.56 Å². The first kappa shape index (κ1) is 12.9. The Morgan fingerprint density at radius 3 is 2.48 bits per heavy atom. The zero-order valence-electron chi connectivity index (χ0n) is 12.2. The van der Waals surface area contributed by atoms with E-state index in [2.05, 4.69) is 15.5 Å². The van der Waals surface area contributed by atoms with Gasteiger partial charge in [0.2, 0.25) is 0 Å². The third-order valence-electron chi connectivity index (χ3n) is 5.43. The number of piperidine rings is 3. The molecular weight excluding hydrogens is 262 g/mol. The number of fused-ring (bicyclic) bond motifs is 4. The molecule has 3 aliphatic rings. The maximum Gasteiger partial charge on any atom is 0.250 e. The smallest absolute Gasteiger partial charge is 0.250 e. The SMILES string of the molecule is NC(=O)c1cn(CC23CCN(CC2)CC3)c2ccccc12. The average molecular weight is 283 g/mol. The van der Waals surface area contributed by atoms with Crippen LogP contribution in [0.5, 0.6) is 0 Å². The van der Waals surface area contributed by atoms with Gasteiger partial charge < -0.3 is 15.2 Å². The molecule has 0 radical (unpaired) electrons. The van der Waals surface area contributed by atoms with Crippen molar-refractivity contribution < 1.29 is 4.79 Å².